The van der Waals surface area contributed by atoms with Crippen LogP contribution in [0.4, 0.5) is 4.79 Å². The van der Waals surface area contributed by atoms with E-state index in [1.165, 1.54) is 5.56 Å². The summed E-state index contributed by atoms with van der Waals surface area (Å²) in [6.07, 6.45) is 4.94. The molecule has 6 nitrogen and oxygen atoms in total. The van der Waals surface area contributed by atoms with E-state index in [2.05, 4.69) is 28.4 Å². The lowest BCUT2D eigenvalue weighted by molar-refractivity contribution is -0.00977. The lowest BCUT2D eigenvalue weighted by Crippen LogP contribution is -2.64. The van der Waals surface area contributed by atoms with Crippen LogP contribution in [0.25, 0.3) is 0 Å². The average Bonchev–Trinajstić information content (AvgIpc) is 2.69. The van der Waals surface area contributed by atoms with E-state index in [9.17, 15) is 9.90 Å². The highest BCUT2D eigenvalue weighted by Gasteiger charge is 2.43. The van der Waals surface area contributed by atoms with Crippen molar-refractivity contribution in [2.24, 2.45) is 0 Å². The third-order valence-corrected chi connectivity index (χ3v) is 6.20. The molecule has 1 atom stereocenters. The summed E-state index contributed by atoms with van der Waals surface area (Å²) in [7, 11) is 0. The first-order valence-electron chi connectivity index (χ1n) is 9.83. The third-order valence-electron chi connectivity index (χ3n) is 6.20. The molecular weight excluding hydrogens is 330 g/mol. The molecule has 142 valence electrons. The third kappa shape index (κ3) is 3.40. The second kappa shape index (κ2) is 7.45. The topological polar surface area (TPSA) is 65.0 Å². The van der Waals surface area contributed by atoms with Crippen LogP contribution in [0.1, 0.15) is 31.2 Å². The number of aliphatic hydroxyl groups excluding tert-OH is 1. The van der Waals surface area contributed by atoms with Crippen LogP contribution in [0.5, 0.6) is 5.75 Å². The molecule has 1 aromatic rings. The number of para-hydroxylation sites is 1. The molecule has 4 rings (SSSR count). The Balaban J connectivity index is 1.34. The zero-order valence-corrected chi connectivity index (χ0v) is 15.3. The van der Waals surface area contributed by atoms with Crippen molar-refractivity contribution in [1.82, 2.24) is 15.1 Å². The Kier molecular flexibility index (Phi) is 5.05. The molecule has 0 saturated carbocycles. The molecule has 6 heteroatoms. The minimum Gasteiger partial charge on any atom is -0.489 e. The van der Waals surface area contributed by atoms with Gasteiger partial charge in [0.05, 0.1) is 12.1 Å². The number of nitrogens with one attached hydrogen (secondary N) is 1. The van der Waals surface area contributed by atoms with E-state index in [-0.39, 0.29) is 18.7 Å². The molecule has 0 spiro atoms. The van der Waals surface area contributed by atoms with Gasteiger partial charge in [-0.25, -0.2) is 4.79 Å². The van der Waals surface area contributed by atoms with E-state index in [4.69, 9.17) is 4.74 Å². The van der Waals surface area contributed by atoms with Gasteiger partial charge in [-0.05, 0) is 43.7 Å². The van der Waals surface area contributed by atoms with Crippen LogP contribution < -0.4 is 10.1 Å². The van der Waals surface area contributed by atoms with Gasteiger partial charge in [0, 0.05) is 32.7 Å². The Bertz CT molecular complexity index is 643. The Morgan fingerprint density at radius 3 is 2.81 bits per heavy atom. The number of carbonyl (C=O) groups excluding carboxylic acids is 1. The molecule has 0 bridgehead atoms. The zero-order valence-electron chi connectivity index (χ0n) is 15.3. The first-order chi connectivity index (χ1) is 12.7. The molecule has 2 saturated heterocycles. The van der Waals surface area contributed by atoms with Crippen LogP contribution in [0, 0.1) is 0 Å². The highest BCUT2D eigenvalue weighted by atomic mass is 16.5. The summed E-state index contributed by atoms with van der Waals surface area (Å²) in [5.41, 5.74) is 0.902. The summed E-state index contributed by atoms with van der Waals surface area (Å²) in [6.45, 7) is 4.24. The summed E-state index contributed by atoms with van der Waals surface area (Å²) >= 11 is 0. The quantitative estimate of drug-likeness (QED) is 0.858. The standard InChI is InChI=1S/C20H29N3O3/c24-15-20(23-11-3-10-21-19(23)25)8-12-22(13-9-20)14-17-7-6-16-4-1-2-5-18(16)26-17/h1-2,4-5,17,24H,3,6-15H2,(H,21,25). The number of nitrogens with zero attached hydrogens (tertiary/aromatic N) is 2. The van der Waals surface area contributed by atoms with E-state index >= 15 is 0 Å². The number of amides is 2. The molecule has 3 heterocycles. The number of benzene rings is 1. The van der Waals surface area contributed by atoms with E-state index < -0.39 is 5.54 Å². The van der Waals surface area contributed by atoms with Gasteiger partial charge in [0.25, 0.3) is 0 Å². The smallest absolute Gasteiger partial charge is 0.317 e. The second-order valence-electron chi connectivity index (χ2n) is 7.81. The first-order valence-corrected chi connectivity index (χ1v) is 9.83. The van der Waals surface area contributed by atoms with Crippen molar-refractivity contribution in [3.63, 3.8) is 0 Å². The molecule has 1 aromatic carbocycles. The summed E-state index contributed by atoms with van der Waals surface area (Å²) < 4.78 is 6.18. The van der Waals surface area contributed by atoms with Gasteiger partial charge in [-0.3, -0.25) is 4.90 Å². The van der Waals surface area contributed by atoms with E-state index in [0.29, 0.717) is 0 Å². The Morgan fingerprint density at radius 2 is 2.04 bits per heavy atom. The number of rotatable bonds is 4. The first kappa shape index (κ1) is 17.6. The van der Waals surface area contributed by atoms with Crippen LogP contribution in [-0.2, 0) is 6.42 Å². The molecule has 2 amide bonds. The fourth-order valence-corrected chi connectivity index (χ4v) is 4.54. The monoisotopic (exact) mass is 359 g/mol. The lowest BCUT2D eigenvalue weighted by Gasteiger charge is -2.49. The van der Waals surface area contributed by atoms with Crippen LogP contribution in [0.3, 0.4) is 0 Å². The highest BCUT2D eigenvalue weighted by molar-refractivity contribution is 5.75. The van der Waals surface area contributed by atoms with Crippen molar-refractivity contribution in [2.75, 3.05) is 39.3 Å². The van der Waals surface area contributed by atoms with Crippen molar-refractivity contribution in [3.8, 4) is 5.75 Å². The molecule has 0 aromatic heterocycles. The maximum Gasteiger partial charge on any atom is 0.317 e. The van der Waals surface area contributed by atoms with Crippen molar-refractivity contribution in [1.29, 1.82) is 0 Å². The molecule has 2 fully saturated rings. The van der Waals surface area contributed by atoms with E-state index in [1.54, 1.807) is 0 Å². The number of urea groups is 1. The maximum absolute atomic E-state index is 12.2. The number of ether oxygens (including phenoxy) is 1. The SMILES string of the molecule is O=C1NCCCN1C1(CO)CCN(CC2CCc3ccccc3O2)CC1. The van der Waals surface area contributed by atoms with Crippen molar-refractivity contribution in [2.45, 2.75) is 43.7 Å². The minimum absolute atomic E-state index is 0.0222. The molecule has 3 aliphatic heterocycles. The molecule has 1 unspecified atom stereocenters. The van der Waals surface area contributed by atoms with Gasteiger partial charge < -0.3 is 20.1 Å². The number of fused-ring (bicyclic) bond motifs is 1. The number of hydrogen-bond donors (Lipinski definition) is 2. The van der Waals surface area contributed by atoms with Crippen LogP contribution in [-0.4, -0.2) is 71.9 Å². The fourth-order valence-electron chi connectivity index (χ4n) is 4.54. The van der Waals surface area contributed by atoms with Crippen LogP contribution >= 0.6 is 0 Å². The number of aryl methyl sites for hydroxylation is 1. The Morgan fingerprint density at radius 1 is 1.23 bits per heavy atom. The Labute approximate surface area is 155 Å². The van der Waals surface area contributed by atoms with Gasteiger partial charge in [0.15, 0.2) is 0 Å². The largest absolute Gasteiger partial charge is 0.489 e. The number of piperidine rings is 1. The predicted molar refractivity (Wildman–Crippen MR) is 99.4 cm³/mol. The van der Waals surface area contributed by atoms with Crippen molar-refractivity contribution >= 4 is 6.03 Å². The van der Waals surface area contributed by atoms with Gasteiger partial charge in [0.1, 0.15) is 11.9 Å². The molecular formula is C20H29N3O3. The van der Waals surface area contributed by atoms with Crippen molar-refractivity contribution in [3.05, 3.63) is 29.8 Å². The molecule has 2 N–H and O–H groups in total. The van der Waals surface area contributed by atoms with Crippen molar-refractivity contribution < 1.29 is 14.6 Å². The van der Waals surface area contributed by atoms with Gasteiger partial charge in [0.2, 0.25) is 0 Å². The summed E-state index contributed by atoms with van der Waals surface area (Å²) in [5.74, 6) is 1.02. The Hall–Kier alpha value is -1.79. The number of aliphatic hydroxyl groups is 1. The van der Waals surface area contributed by atoms with Gasteiger partial charge in [-0.1, -0.05) is 18.2 Å². The van der Waals surface area contributed by atoms with E-state index in [1.807, 2.05) is 11.0 Å². The number of likely N-dealkylation sites (tertiary alicyclic amines) is 1. The molecule has 0 radical (unpaired) electrons. The summed E-state index contributed by atoms with van der Waals surface area (Å²) in [6, 6.07) is 8.28. The predicted octanol–water partition coefficient (Wildman–Crippen LogP) is 1.62. The van der Waals surface area contributed by atoms with Gasteiger partial charge >= 0.3 is 6.03 Å². The maximum atomic E-state index is 12.2. The van der Waals surface area contributed by atoms with Crippen LogP contribution in [0.2, 0.25) is 0 Å². The average molecular weight is 359 g/mol. The molecule has 26 heavy (non-hydrogen) atoms. The minimum atomic E-state index is -0.402. The van der Waals surface area contributed by atoms with Crippen LogP contribution in [0.15, 0.2) is 24.3 Å². The number of carbonyl (C=O) groups is 1. The molecule has 3 aliphatic rings. The van der Waals surface area contributed by atoms with E-state index in [0.717, 1.165) is 70.6 Å². The highest BCUT2D eigenvalue weighted by Crippen LogP contribution is 2.32. The summed E-state index contributed by atoms with van der Waals surface area (Å²) in [5, 5.41) is 13.0. The fraction of sp³-hybridized carbons (Fsp3) is 0.650. The number of hydrogen-bond acceptors (Lipinski definition) is 4. The molecule has 0 aliphatic carbocycles. The summed E-state index contributed by atoms with van der Waals surface area (Å²) in [4.78, 5) is 16.5. The lowest BCUT2D eigenvalue weighted by atomic mass is 9.85. The van der Waals surface area contributed by atoms with Gasteiger partial charge in [-0.15, -0.1) is 0 Å². The zero-order chi connectivity index (χ0) is 18.0. The second-order valence-corrected chi connectivity index (χ2v) is 7.81. The normalized spacial score (nSPS) is 26.0. The van der Waals surface area contributed by atoms with Gasteiger partial charge in [-0.2, -0.15) is 0 Å².